The number of hydrogen-bond donors (Lipinski definition) is 0. The molecule has 2 atom stereocenters. The smallest absolute Gasteiger partial charge is 0.197 e. The van der Waals surface area contributed by atoms with Crippen molar-refractivity contribution in [3.8, 4) is 0 Å². The van der Waals surface area contributed by atoms with Crippen LogP contribution in [0, 0.1) is 11.7 Å². The Kier molecular flexibility index (Phi) is 3.12. The molecule has 0 amide bonds. The van der Waals surface area contributed by atoms with Crippen LogP contribution < -0.4 is 0 Å². The molecule has 15 heavy (non-hydrogen) atoms. The zero-order chi connectivity index (χ0) is 11.0. The molecule has 0 aromatic carbocycles. The van der Waals surface area contributed by atoms with Crippen molar-refractivity contribution in [1.82, 2.24) is 9.97 Å². The fraction of sp³-hybridized carbons (Fsp3) is 0.600. The Bertz CT molecular complexity index is 361. The average molecular weight is 249 g/mol. The van der Waals surface area contributed by atoms with Gasteiger partial charge in [0.05, 0.1) is 0 Å². The standard InChI is InChI=1S/C10H11Cl2FN2/c1-5-3-2-4-6(5)10-14-8(11)7(13)9(12)15-10/h5-6H,2-4H2,1H3. The Labute approximate surface area is 97.8 Å². The predicted molar refractivity (Wildman–Crippen MR) is 57.8 cm³/mol. The Morgan fingerprint density at radius 3 is 2.27 bits per heavy atom. The highest BCUT2D eigenvalue weighted by Gasteiger charge is 2.28. The molecule has 2 nitrogen and oxygen atoms in total. The minimum absolute atomic E-state index is 0.177. The maximum Gasteiger partial charge on any atom is 0.197 e. The first-order valence-corrected chi connectivity index (χ1v) is 5.73. The molecule has 0 bridgehead atoms. The second kappa shape index (κ2) is 4.22. The zero-order valence-electron chi connectivity index (χ0n) is 8.30. The molecule has 0 spiro atoms. The molecule has 1 heterocycles. The third kappa shape index (κ3) is 2.08. The summed E-state index contributed by atoms with van der Waals surface area (Å²) in [6.45, 7) is 2.15. The molecule has 0 N–H and O–H groups in total. The largest absolute Gasteiger partial charge is 0.218 e. The van der Waals surface area contributed by atoms with E-state index in [0.717, 1.165) is 19.3 Å². The lowest BCUT2D eigenvalue weighted by atomic mass is 9.97. The van der Waals surface area contributed by atoms with E-state index in [1.54, 1.807) is 0 Å². The summed E-state index contributed by atoms with van der Waals surface area (Å²) in [6, 6.07) is 0. The van der Waals surface area contributed by atoms with Crippen molar-refractivity contribution in [1.29, 1.82) is 0 Å². The van der Waals surface area contributed by atoms with E-state index >= 15 is 0 Å². The normalized spacial score (nSPS) is 25.9. The van der Waals surface area contributed by atoms with E-state index in [1.165, 1.54) is 0 Å². The number of halogens is 3. The molecule has 1 aliphatic carbocycles. The van der Waals surface area contributed by atoms with E-state index in [2.05, 4.69) is 16.9 Å². The molecule has 1 saturated carbocycles. The first-order valence-electron chi connectivity index (χ1n) is 4.98. The van der Waals surface area contributed by atoms with E-state index in [0.29, 0.717) is 11.7 Å². The molecule has 1 aliphatic rings. The topological polar surface area (TPSA) is 25.8 Å². The molecular formula is C10H11Cl2FN2. The van der Waals surface area contributed by atoms with Gasteiger partial charge in [-0.05, 0) is 18.8 Å². The maximum atomic E-state index is 13.1. The van der Waals surface area contributed by atoms with Crippen molar-refractivity contribution >= 4 is 23.2 Å². The summed E-state index contributed by atoms with van der Waals surface area (Å²) in [5, 5.41) is -0.354. The van der Waals surface area contributed by atoms with Gasteiger partial charge in [-0.25, -0.2) is 14.4 Å². The minimum atomic E-state index is -0.729. The Balaban J connectivity index is 2.36. The van der Waals surface area contributed by atoms with Gasteiger partial charge in [0.25, 0.3) is 0 Å². The Hall–Kier alpha value is -0.410. The molecule has 2 unspecified atom stereocenters. The quantitative estimate of drug-likeness (QED) is 0.707. The van der Waals surface area contributed by atoms with E-state index in [-0.39, 0.29) is 16.2 Å². The van der Waals surface area contributed by atoms with Crippen LogP contribution in [0.15, 0.2) is 0 Å². The van der Waals surface area contributed by atoms with Gasteiger partial charge in [0.2, 0.25) is 0 Å². The van der Waals surface area contributed by atoms with E-state index in [9.17, 15) is 4.39 Å². The number of aromatic nitrogens is 2. The summed E-state index contributed by atoms with van der Waals surface area (Å²) in [7, 11) is 0. The fourth-order valence-corrected chi connectivity index (χ4v) is 2.50. The van der Waals surface area contributed by atoms with Gasteiger partial charge in [0, 0.05) is 5.92 Å². The Morgan fingerprint density at radius 1 is 1.20 bits per heavy atom. The summed E-state index contributed by atoms with van der Waals surface area (Å²) in [5.41, 5.74) is 0. The highest BCUT2D eigenvalue weighted by atomic mass is 35.5. The maximum absolute atomic E-state index is 13.1. The van der Waals surface area contributed by atoms with E-state index in [4.69, 9.17) is 23.2 Å². The summed E-state index contributed by atoms with van der Waals surface area (Å²) in [6.07, 6.45) is 3.34. The minimum Gasteiger partial charge on any atom is -0.218 e. The molecule has 5 heteroatoms. The number of hydrogen-bond acceptors (Lipinski definition) is 2. The van der Waals surface area contributed by atoms with Crippen molar-refractivity contribution in [2.45, 2.75) is 32.1 Å². The molecule has 0 aliphatic heterocycles. The second-order valence-corrected chi connectivity index (χ2v) is 4.71. The number of nitrogens with zero attached hydrogens (tertiary/aromatic N) is 2. The number of rotatable bonds is 1. The summed E-state index contributed by atoms with van der Waals surface area (Å²) in [4.78, 5) is 7.92. The van der Waals surface area contributed by atoms with E-state index < -0.39 is 5.82 Å². The molecule has 1 aromatic heterocycles. The van der Waals surface area contributed by atoms with Crippen LogP contribution in [-0.2, 0) is 0 Å². The van der Waals surface area contributed by atoms with Crippen LogP contribution in [0.25, 0.3) is 0 Å². The van der Waals surface area contributed by atoms with Crippen molar-refractivity contribution < 1.29 is 4.39 Å². The monoisotopic (exact) mass is 248 g/mol. The summed E-state index contributed by atoms with van der Waals surface area (Å²) in [5.74, 6) is 0.632. The molecule has 1 fully saturated rings. The molecular weight excluding hydrogens is 238 g/mol. The Morgan fingerprint density at radius 2 is 1.80 bits per heavy atom. The van der Waals surface area contributed by atoms with Gasteiger partial charge >= 0.3 is 0 Å². The molecule has 2 rings (SSSR count). The van der Waals surface area contributed by atoms with Crippen molar-refractivity contribution in [2.75, 3.05) is 0 Å². The second-order valence-electron chi connectivity index (χ2n) is 3.99. The van der Waals surface area contributed by atoms with Crippen LogP contribution in [0.2, 0.25) is 10.3 Å². The van der Waals surface area contributed by atoms with Crippen molar-refractivity contribution in [3.05, 3.63) is 21.9 Å². The van der Waals surface area contributed by atoms with Crippen LogP contribution in [-0.4, -0.2) is 9.97 Å². The predicted octanol–water partition coefficient (Wildman–Crippen LogP) is 3.83. The average Bonchev–Trinajstić information content (AvgIpc) is 2.60. The first-order chi connectivity index (χ1) is 7.09. The fourth-order valence-electron chi connectivity index (χ4n) is 2.10. The summed E-state index contributed by atoms with van der Waals surface area (Å²) >= 11 is 11.3. The van der Waals surface area contributed by atoms with Crippen LogP contribution >= 0.6 is 23.2 Å². The summed E-state index contributed by atoms with van der Waals surface area (Å²) < 4.78 is 13.1. The zero-order valence-corrected chi connectivity index (χ0v) is 9.82. The molecule has 82 valence electrons. The highest BCUT2D eigenvalue weighted by molar-refractivity contribution is 6.33. The van der Waals surface area contributed by atoms with Crippen LogP contribution in [0.1, 0.15) is 37.9 Å². The van der Waals surface area contributed by atoms with Gasteiger partial charge in [-0.3, -0.25) is 0 Å². The van der Waals surface area contributed by atoms with Crippen LogP contribution in [0.5, 0.6) is 0 Å². The van der Waals surface area contributed by atoms with Gasteiger partial charge in [0.1, 0.15) is 5.82 Å². The van der Waals surface area contributed by atoms with Crippen LogP contribution in [0.4, 0.5) is 4.39 Å². The van der Waals surface area contributed by atoms with Gasteiger partial charge in [0.15, 0.2) is 16.1 Å². The first kappa shape index (κ1) is 11.1. The van der Waals surface area contributed by atoms with E-state index in [1.807, 2.05) is 0 Å². The van der Waals surface area contributed by atoms with Crippen LogP contribution in [0.3, 0.4) is 0 Å². The van der Waals surface area contributed by atoms with Crippen molar-refractivity contribution in [2.24, 2.45) is 5.92 Å². The lowest BCUT2D eigenvalue weighted by Crippen LogP contribution is -2.08. The van der Waals surface area contributed by atoms with Gasteiger partial charge in [-0.1, -0.05) is 36.5 Å². The third-order valence-corrected chi connectivity index (χ3v) is 3.48. The highest BCUT2D eigenvalue weighted by Crippen LogP contribution is 2.38. The lowest BCUT2D eigenvalue weighted by molar-refractivity contribution is 0.503. The van der Waals surface area contributed by atoms with Crippen molar-refractivity contribution in [3.63, 3.8) is 0 Å². The lowest BCUT2D eigenvalue weighted by Gasteiger charge is -2.13. The molecule has 0 radical (unpaired) electrons. The van der Waals surface area contributed by atoms with Gasteiger partial charge in [-0.2, -0.15) is 0 Å². The van der Waals surface area contributed by atoms with Gasteiger partial charge < -0.3 is 0 Å². The van der Waals surface area contributed by atoms with Gasteiger partial charge in [-0.15, -0.1) is 0 Å². The molecule has 1 aromatic rings. The molecule has 0 saturated heterocycles. The third-order valence-electron chi connectivity index (χ3n) is 2.98. The SMILES string of the molecule is CC1CCCC1c1nc(Cl)c(F)c(Cl)n1.